The Hall–Kier alpha value is -1.16. The summed E-state index contributed by atoms with van der Waals surface area (Å²) in [5.41, 5.74) is 2.21. The molecule has 2 N–H and O–H groups in total. The van der Waals surface area contributed by atoms with Crippen molar-refractivity contribution >= 4 is 5.69 Å². The first-order valence-corrected chi connectivity index (χ1v) is 7.03. The predicted molar refractivity (Wildman–Crippen MR) is 74.8 cm³/mol. The lowest BCUT2D eigenvalue weighted by Crippen LogP contribution is -2.18. The van der Waals surface area contributed by atoms with Crippen LogP contribution in [0.5, 0.6) is 0 Å². The maximum Gasteiger partial charge on any atom is 0.131 e. The van der Waals surface area contributed by atoms with E-state index in [2.05, 4.69) is 41.4 Å². The van der Waals surface area contributed by atoms with Gasteiger partial charge >= 0.3 is 0 Å². The second-order valence-corrected chi connectivity index (χ2v) is 5.34. The fourth-order valence-corrected chi connectivity index (χ4v) is 1.80. The van der Waals surface area contributed by atoms with Gasteiger partial charge in [0.2, 0.25) is 0 Å². The minimum atomic E-state index is 0.380. The van der Waals surface area contributed by atoms with Crippen LogP contribution in [-0.2, 0) is 6.54 Å². The molecule has 0 aliphatic heterocycles. The zero-order valence-corrected chi connectivity index (χ0v) is 11.7. The molecular weight excluding hydrogens is 224 g/mol. The summed E-state index contributed by atoms with van der Waals surface area (Å²) in [6, 6.07) is 0.642. The Bertz CT molecular complexity index is 385. The lowest BCUT2D eigenvalue weighted by molar-refractivity contribution is 0.653. The van der Waals surface area contributed by atoms with Crippen LogP contribution in [0.25, 0.3) is 0 Å². The number of nitrogens with one attached hydrogen (secondary N) is 2. The van der Waals surface area contributed by atoms with Gasteiger partial charge in [0.25, 0.3) is 0 Å². The van der Waals surface area contributed by atoms with Crippen molar-refractivity contribution in [2.45, 2.75) is 58.5 Å². The van der Waals surface area contributed by atoms with E-state index in [4.69, 9.17) is 0 Å². The number of nitrogens with zero attached hydrogens (tertiary/aromatic N) is 2. The van der Waals surface area contributed by atoms with Gasteiger partial charge in [0.05, 0.1) is 17.6 Å². The number of hydrogen-bond donors (Lipinski definition) is 2. The van der Waals surface area contributed by atoms with Gasteiger partial charge in [0.15, 0.2) is 0 Å². The number of aromatic nitrogens is 2. The van der Waals surface area contributed by atoms with Gasteiger partial charge in [-0.2, -0.15) is 0 Å². The molecule has 0 spiro atoms. The second kappa shape index (κ2) is 6.14. The minimum Gasteiger partial charge on any atom is -0.380 e. The summed E-state index contributed by atoms with van der Waals surface area (Å²) < 4.78 is 0. The fraction of sp³-hybridized carbons (Fsp3) is 0.714. The normalized spacial score (nSPS) is 15.1. The first kappa shape index (κ1) is 13.3. The molecule has 1 heterocycles. The molecule has 1 fully saturated rings. The monoisotopic (exact) mass is 248 g/mol. The average molecular weight is 248 g/mol. The Balaban J connectivity index is 2.10. The van der Waals surface area contributed by atoms with Crippen molar-refractivity contribution in [3.8, 4) is 0 Å². The standard InChI is InChI=1S/C14H24N4/c1-4-7-15-8-12-13(17-11-5-6-11)9-16-14(18-12)10(2)3/h9-11,15,17H,4-8H2,1-3H3. The van der Waals surface area contributed by atoms with Gasteiger partial charge in [-0.1, -0.05) is 20.8 Å². The molecule has 0 aromatic carbocycles. The zero-order valence-electron chi connectivity index (χ0n) is 11.7. The van der Waals surface area contributed by atoms with Crippen molar-refractivity contribution in [3.05, 3.63) is 17.7 Å². The molecule has 0 unspecified atom stereocenters. The van der Waals surface area contributed by atoms with Gasteiger partial charge in [-0.05, 0) is 25.8 Å². The Labute approximate surface area is 110 Å². The van der Waals surface area contributed by atoms with E-state index in [1.54, 1.807) is 0 Å². The second-order valence-electron chi connectivity index (χ2n) is 5.34. The molecule has 100 valence electrons. The largest absolute Gasteiger partial charge is 0.380 e. The van der Waals surface area contributed by atoms with Gasteiger partial charge in [0, 0.05) is 18.5 Å². The van der Waals surface area contributed by atoms with E-state index in [1.165, 1.54) is 12.8 Å². The summed E-state index contributed by atoms with van der Waals surface area (Å²) in [6.07, 6.45) is 5.64. The van der Waals surface area contributed by atoms with E-state index >= 15 is 0 Å². The summed E-state index contributed by atoms with van der Waals surface area (Å²) in [6.45, 7) is 8.30. The summed E-state index contributed by atoms with van der Waals surface area (Å²) in [5.74, 6) is 1.31. The lowest BCUT2D eigenvalue weighted by Gasteiger charge is -2.13. The fourth-order valence-electron chi connectivity index (χ4n) is 1.80. The Morgan fingerprint density at radius 2 is 2.17 bits per heavy atom. The van der Waals surface area contributed by atoms with E-state index in [9.17, 15) is 0 Å². The number of rotatable bonds is 7. The Morgan fingerprint density at radius 1 is 1.39 bits per heavy atom. The summed E-state index contributed by atoms with van der Waals surface area (Å²) in [7, 11) is 0. The maximum absolute atomic E-state index is 4.69. The van der Waals surface area contributed by atoms with E-state index in [-0.39, 0.29) is 0 Å². The average Bonchev–Trinajstić information content (AvgIpc) is 3.15. The van der Waals surface area contributed by atoms with Crippen molar-refractivity contribution in [2.75, 3.05) is 11.9 Å². The maximum atomic E-state index is 4.69. The van der Waals surface area contributed by atoms with Crippen LogP contribution in [0.2, 0.25) is 0 Å². The van der Waals surface area contributed by atoms with Crippen LogP contribution in [0.1, 0.15) is 57.5 Å². The van der Waals surface area contributed by atoms with Gasteiger partial charge in [0.1, 0.15) is 5.82 Å². The van der Waals surface area contributed by atoms with E-state index in [1.807, 2.05) is 6.20 Å². The SMILES string of the molecule is CCCNCc1nc(C(C)C)ncc1NC1CC1. The summed E-state index contributed by atoms with van der Waals surface area (Å²) >= 11 is 0. The first-order chi connectivity index (χ1) is 8.70. The van der Waals surface area contributed by atoms with Crippen LogP contribution >= 0.6 is 0 Å². The van der Waals surface area contributed by atoms with E-state index in [0.717, 1.165) is 36.7 Å². The molecule has 0 bridgehead atoms. The van der Waals surface area contributed by atoms with E-state index in [0.29, 0.717) is 12.0 Å². The van der Waals surface area contributed by atoms with Crippen LogP contribution in [0.15, 0.2) is 6.20 Å². The molecule has 2 rings (SSSR count). The predicted octanol–water partition coefficient (Wildman–Crippen LogP) is 2.67. The summed E-state index contributed by atoms with van der Waals surface area (Å²) in [5, 5.41) is 6.93. The van der Waals surface area contributed by atoms with Gasteiger partial charge < -0.3 is 10.6 Å². The highest BCUT2D eigenvalue weighted by molar-refractivity contribution is 5.48. The van der Waals surface area contributed by atoms with Crippen molar-refractivity contribution < 1.29 is 0 Å². The van der Waals surface area contributed by atoms with Crippen LogP contribution in [0, 0.1) is 0 Å². The number of hydrogen-bond acceptors (Lipinski definition) is 4. The van der Waals surface area contributed by atoms with Crippen LogP contribution < -0.4 is 10.6 Å². The van der Waals surface area contributed by atoms with Crippen molar-refractivity contribution in [2.24, 2.45) is 0 Å². The molecule has 4 nitrogen and oxygen atoms in total. The van der Waals surface area contributed by atoms with Crippen molar-refractivity contribution in [1.29, 1.82) is 0 Å². The van der Waals surface area contributed by atoms with Gasteiger partial charge in [-0.15, -0.1) is 0 Å². The topological polar surface area (TPSA) is 49.8 Å². The molecule has 1 aliphatic rings. The van der Waals surface area contributed by atoms with Crippen molar-refractivity contribution in [1.82, 2.24) is 15.3 Å². The number of anilines is 1. The molecule has 0 atom stereocenters. The highest BCUT2D eigenvalue weighted by atomic mass is 15.0. The third kappa shape index (κ3) is 3.67. The molecule has 1 aromatic heterocycles. The molecule has 1 aromatic rings. The van der Waals surface area contributed by atoms with Gasteiger partial charge in [-0.25, -0.2) is 9.97 Å². The van der Waals surface area contributed by atoms with E-state index < -0.39 is 0 Å². The molecule has 18 heavy (non-hydrogen) atoms. The quantitative estimate of drug-likeness (QED) is 0.728. The first-order valence-electron chi connectivity index (χ1n) is 7.03. The zero-order chi connectivity index (χ0) is 13.0. The van der Waals surface area contributed by atoms with Crippen LogP contribution in [0.4, 0.5) is 5.69 Å². The molecule has 4 heteroatoms. The van der Waals surface area contributed by atoms with Crippen LogP contribution in [-0.4, -0.2) is 22.6 Å². The Kier molecular flexibility index (Phi) is 4.53. The highest BCUT2D eigenvalue weighted by Crippen LogP contribution is 2.26. The molecule has 0 saturated heterocycles. The summed E-state index contributed by atoms with van der Waals surface area (Å²) in [4.78, 5) is 9.14. The lowest BCUT2D eigenvalue weighted by atomic mass is 10.2. The molecule has 0 amide bonds. The minimum absolute atomic E-state index is 0.380. The van der Waals surface area contributed by atoms with Gasteiger partial charge in [-0.3, -0.25) is 0 Å². The third-order valence-electron chi connectivity index (χ3n) is 3.06. The Morgan fingerprint density at radius 3 is 2.78 bits per heavy atom. The molecular formula is C14H24N4. The van der Waals surface area contributed by atoms with Crippen molar-refractivity contribution in [3.63, 3.8) is 0 Å². The molecule has 1 aliphatic carbocycles. The molecule has 0 radical (unpaired) electrons. The highest BCUT2D eigenvalue weighted by Gasteiger charge is 2.22. The van der Waals surface area contributed by atoms with Crippen LogP contribution in [0.3, 0.4) is 0 Å². The molecule has 1 saturated carbocycles. The smallest absolute Gasteiger partial charge is 0.131 e. The third-order valence-corrected chi connectivity index (χ3v) is 3.06.